The van der Waals surface area contributed by atoms with Gasteiger partial charge in [-0.2, -0.15) is 0 Å². The molecule has 0 aliphatic carbocycles. The van der Waals surface area contributed by atoms with Gasteiger partial charge in [-0.05, 0) is 6.07 Å². The molecule has 2 N–H and O–H groups in total. The lowest BCUT2D eigenvalue weighted by atomic mass is 10.1. The van der Waals surface area contributed by atoms with Crippen molar-refractivity contribution < 1.29 is 19.7 Å². The molecule has 2 aliphatic rings. The minimum absolute atomic E-state index is 0.0513. The molecule has 1 saturated heterocycles. The molecule has 2 heterocycles. The molecule has 110 valence electrons. The van der Waals surface area contributed by atoms with Crippen LogP contribution in [0.15, 0.2) is 12.1 Å². The van der Waals surface area contributed by atoms with E-state index >= 15 is 0 Å². The van der Waals surface area contributed by atoms with Crippen molar-refractivity contribution in [1.82, 2.24) is 4.90 Å². The number of hydrogen-bond donors (Lipinski definition) is 2. The van der Waals surface area contributed by atoms with Crippen LogP contribution in [0.1, 0.15) is 5.56 Å². The molecule has 1 aromatic carbocycles. The van der Waals surface area contributed by atoms with E-state index in [2.05, 4.69) is 4.90 Å². The summed E-state index contributed by atoms with van der Waals surface area (Å²) >= 11 is 0. The first kappa shape index (κ1) is 13.5. The Kier molecular flexibility index (Phi) is 3.95. The van der Waals surface area contributed by atoms with Crippen molar-refractivity contribution in [2.75, 3.05) is 51.0 Å². The normalized spacial score (nSPS) is 19.2. The number of aliphatic hydroxyl groups is 2. The fraction of sp³-hybridized carbons (Fsp3) is 0.571. The van der Waals surface area contributed by atoms with Crippen molar-refractivity contribution in [3.63, 3.8) is 0 Å². The summed E-state index contributed by atoms with van der Waals surface area (Å²) < 4.78 is 11.4. The number of anilines is 1. The van der Waals surface area contributed by atoms with Crippen LogP contribution in [-0.4, -0.2) is 61.2 Å². The van der Waals surface area contributed by atoms with Crippen molar-refractivity contribution in [3.05, 3.63) is 17.7 Å². The number of fused-ring (bicyclic) bond motifs is 1. The fourth-order valence-electron chi connectivity index (χ4n) is 2.68. The van der Waals surface area contributed by atoms with E-state index in [1.807, 2.05) is 17.0 Å². The standard InChI is InChI=1S/C14H20N2O4/c17-9-11-1-2-12(14-13(11)19-7-8-20-14)16-5-3-15(10-18)4-6-16/h1-2,17-18H,3-10H2. The van der Waals surface area contributed by atoms with Crippen LogP contribution in [0, 0.1) is 0 Å². The third-order valence-corrected chi connectivity index (χ3v) is 3.83. The van der Waals surface area contributed by atoms with Crippen LogP contribution < -0.4 is 14.4 Å². The molecule has 0 atom stereocenters. The van der Waals surface area contributed by atoms with Gasteiger partial charge in [0.2, 0.25) is 0 Å². The summed E-state index contributed by atoms with van der Waals surface area (Å²) in [5.41, 5.74) is 1.77. The quantitative estimate of drug-likeness (QED) is 0.814. The second-order valence-corrected chi connectivity index (χ2v) is 5.00. The van der Waals surface area contributed by atoms with Crippen LogP contribution in [0.25, 0.3) is 0 Å². The Morgan fingerprint density at radius 1 is 0.950 bits per heavy atom. The van der Waals surface area contributed by atoms with Gasteiger partial charge in [0.05, 0.1) is 19.0 Å². The maximum atomic E-state index is 9.38. The highest BCUT2D eigenvalue weighted by molar-refractivity contribution is 5.67. The zero-order valence-electron chi connectivity index (χ0n) is 11.4. The van der Waals surface area contributed by atoms with Gasteiger partial charge in [0, 0.05) is 31.7 Å². The third-order valence-electron chi connectivity index (χ3n) is 3.83. The minimum Gasteiger partial charge on any atom is -0.486 e. The number of ether oxygens (including phenoxy) is 2. The second kappa shape index (κ2) is 5.87. The zero-order valence-corrected chi connectivity index (χ0v) is 11.4. The first-order valence-corrected chi connectivity index (χ1v) is 6.94. The number of aliphatic hydroxyl groups excluding tert-OH is 2. The van der Waals surface area contributed by atoms with E-state index in [1.165, 1.54) is 0 Å². The Balaban J connectivity index is 1.87. The molecule has 1 fully saturated rings. The van der Waals surface area contributed by atoms with Crippen molar-refractivity contribution in [2.45, 2.75) is 6.61 Å². The average molecular weight is 280 g/mol. The maximum absolute atomic E-state index is 9.38. The summed E-state index contributed by atoms with van der Waals surface area (Å²) in [6.45, 7) is 4.44. The Labute approximate surface area is 118 Å². The van der Waals surface area contributed by atoms with Crippen LogP contribution in [0.3, 0.4) is 0 Å². The third kappa shape index (κ3) is 2.42. The molecule has 0 bridgehead atoms. The smallest absolute Gasteiger partial charge is 0.185 e. The Bertz CT molecular complexity index is 472. The van der Waals surface area contributed by atoms with Crippen molar-refractivity contribution in [2.24, 2.45) is 0 Å². The number of benzene rings is 1. The van der Waals surface area contributed by atoms with Gasteiger partial charge in [-0.15, -0.1) is 0 Å². The summed E-state index contributed by atoms with van der Waals surface area (Å²) in [5.74, 6) is 1.40. The number of hydrogen-bond acceptors (Lipinski definition) is 6. The van der Waals surface area contributed by atoms with E-state index in [0.29, 0.717) is 19.0 Å². The molecule has 0 amide bonds. The number of nitrogens with zero attached hydrogens (tertiary/aromatic N) is 2. The number of rotatable bonds is 3. The highest BCUT2D eigenvalue weighted by Gasteiger charge is 2.25. The van der Waals surface area contributed by atoms with Gasteiger partial charge in [-0.3, -0.25) is 4.90 Å². The predicted molar refractivity (Wildman–Crippen MR) is 74.2 cm³/mol. The van der Waals surface area contributed by atoms with E-state index in [0.717, 1.165) is 43.2 Å². The lowest BCUT2D eigenvalue weighted by Gasteiger charge is -2.36. The SMILES string of the molecule is OCc1ccc(N2CCN(CO)CC2)c2c1OCCO2. The highest BCUT2D eigenvalue weighted by atomic mass is 16.6. The summed E-state index contributed by atoms with van der Waals surface area (Å²) in [5, 5.41) is 18.5. The maximum Gasteiger partial charge on any atom is 0.185 e. The average Bonchev–Trinajstić information content (AvgIpc) is 2.54. The Hall–Kier alpha value is -1.50. The fourth-order valence-corrected chi connectivity index (χ4v) is 2.68. The Morgan fingerprint density at radius 2 is 1.65 bits per heavy atom. The lowest BCUT2D eigenvalue weighted by Crippen LogP contribution is -2.46. The first-order valence-electron chi connectivity index (χ1n) is 6.94. The van der Waals surface area contributed by atoms with Gasteiger partial charge in [0.25, 0.3) is 0 Å². The van der Waals surface area contributed by atoms with E-state index < -0.39 is 0 Å². The van der Waals surface area contributed by atoms with Gasteiger partial charge in [-0.1, -0.05) is 6.07 Å². The highest BCUT2D eigenvalue weighted by Crippen LogP contribution is 2.42. The van der Waals surface area contributed by atoms with Crippen molar-refractivity contribution >= 4 is 5.69 Å². The second-order valence-electron chi connectivity index (χ2n) is 5.00. The molecule has 0 radical (unpaired) electrons. The zero-order chi connectivity index (χ0) is 13.9. The summed E-state index contributed by atoms with van der Waals surface area (Å²) in [4.78, 5) is 4.24. The van der Waals surface area contributed by atoms with Crippen LogP contribution in [0.5, 0.6) is 11.5 Å². The van der Waals surface area contributed by atoms with Gasteiger partial charge in [0.15, 0.2) is 11.5 Å². The lowest BCUT2D eigenvalue weighted by molar-refractivity contribution is 0.101. The molecule has 6 heteroatoms. The van der Waals surface area contributed by atoms with Gasteiger partial charge in [0.1, 0.15) is 13.2 Å². The van der Waals surface area contributed by atoms with Gasteiger partial charge >= 0.3 is 0 Å². The molecule has 2 aliphatic heterocycles. The summed E-state index contributed by atoms with van der Waals surface area (Å²) in [7, 11) is 0. The van der Waals surface area contributed by atoms with Gasteiger partial charge < -0.3 is 24.6 Å². The molecule has 3 rings (SSSR count). The topological polar surface area (TPSA) is 65.4 Å². The molecular weight excluding hydrogens is 260 g/mol. The molecule has 0 spiro atoms. The first-order chi connectivity index (χ1) is 9.83. The number of piperazine rings is 1. The van der Waals surface area contributed by atoms with E-state index in [-0.39, 0.29) is 13.3 Å². The molecule has 0 saturated carbocycles. The van der Waals surface area contributed by atoms with Crippen LogP contribution in [0.2, 0.25) is 0 Å². The molecule has 0 aromatic heterocycles. The predicted octanol–water partition coefficient (Wildman–Crippen LogP) is 0.0219. The molecular formula is C14H20N2O4. The van der Waals surface area contributed by atoms with Gasteiger partial charge in [-0.25, -0.2) is 0 Å². The van der Waals surface area contributed by atoms with E-state index in [1.54, 1.807) is 0 Å². The van der Waals surface area contributed by atoms with Crippen molar-refractivity contribution in [3.8, 4) is 11.5 Å². The Morgan fingerprint density at radius 3 is 2.30 bits per heavy atom. The molecule has 1 aromatic rings. The van der Waals surface area contributed by atoms with Crippen molar-refractivity contribution in [1.29, 1.82) is 0 Å². The summed E-state index contributed by atoms with van der Waals surface area (Å²) in [6, 6.07) is 3.87. The molecule has 0 unspecified atom stereocenters. The van der Waals surface area contributed by atoms with Crippen LogP contribution in [0.4, 0.5) is 5.69 Å². The van der Waals surface area contributed by atoms with E-state index in [4.69, 9.17) is 14.6 Å². The van der Waals surface area contributed by atoms with Crippen LogP contribution >= 0.6 is 0 Å². The molecule has 20 heavy (non-hydrogen) atoms. The minimum atomic E-state index is -0.0513. The molecule has 6 nitrogen and oxygen atoms in total. The largest absolute Gasteiger partial charge is 0.486 e. The summed E-state index contributed by atoms with van der Waals surface area (Å²) in [6.07, 6.45) is 0. The van der Waals surface area contributed by atoms with E-state index in [9.17, 15) is 5.11 Å². The monoisotopic (exact) mass is 280 g/mol. The van der Waals surface area contributed by atoms with Crippen LogP contribution in [-0.2, 0) is 6.61 Å².